The van der Waals surface area contributed by atoms with Crippen molar-refractivity contribution >= 4 is 0 Å². The average molecular weight is 391 g/mol. The van der Waals surface area contributed by atoms with E-state index < -0.39 is 0 Å². The number of hydrogen-bond donors (Lipinski definition) is 0. The molecule has 2 bridgehead atoms. The number of nitriles is 1. The van der Waals surface area contributed by atoms with Gasteiger partial charge in [-0.15, -0.1) is 13.2 Å². The lowest BCUT2D eigenvalue weighted by Crippen LogP contribution is -2.47. The minimum Gasteiger partial charge on any atom is -0.308 e. The zero-order chi connectivity index (χ0) is 21.8. The van der Waals surface area contributed by atoms with E-state index in [4.69, 9.17) is 0 Å². The molecule has 0 N–H and O–H groups in total. The molecule has 4 atom stereocenters. The number of rotatable bonds is 4. The molecule has 0 radical (unpaired) electrons. The Labute approximate surface area is 177 Å². The summed E-state index contributed by atoms with van der Waals surface area (Å²) in [5, 5.41) is 9.71. The second kappa shape index (κ2) is 12.6. The molecule has 0 aromatic heterocycles. The molecule has 3 aliphatic carbocycles. The lowest BCUT2D eigenvalue weighted by molar-refractivity contribution is -0.0262. The van der Waals surface area contributed by atoms with Gasteiger partial charge in [-0.05, 0) is 68.1 Å². The fraction of sp³-hybridized carbons (Fsp3) is 0.885. The minimum absolute atomic E-state index is 0.372. The lowest BCUT2D eigenvalue weighted by atomic mass is 9.53. The Bertz CT molecular complexity index is 468. The van der Waals surface area contributed by atoms with Gasteiger partial charge in [-0.1, -0.05) is 67.2 Å². The molecule has 0 aromatic carbocycles. The van der Waals surface area contributed by atoms with Crippen molar-refractivity contribution in [2.24, 2.45) is 16.2 Å². The van der Waals surface area contributed by atoms with Gasteiger partial charge in [0.2, 0.25) is 0 Å². The molecule has 0 aliphatic heterocycles. The van der Waals surface area contributed by atoms with Crippen molar-refractivity contribution in [2.75, 3.05) is 6.54 Å². The Hall–Kier alpha value is -0.970. The molecule has 2 nitrogen and oxygen atoms in total. The summed E-state index contributed by atoms with van der Waals surface area (Å²) in [4.78, 5) is 2.09. The van der Waals surface area contributed by atoms with E-state index >= 15 is 0 Å². The van der Waals surface area contributed by atoms with E-state index in [-0.39, 0.29) is 0 Å². The maximum Gasteiger partial charge on any atom is 0.179 e. The molecule has 0 saturated heterocycles. The molecule has 0 aromatic rings. The SMILES string of the molecule is C=C.CC.CCCC1(C)CCCCC2(C)CCCC1(C)CC(N(C#N)CC)C2. The highest BCUT2D eigenvalue weighted by Crippen LogP contribution is 2.56. The fourth-order valence-corrected chi connectivity index (χ4v) is 6.02. The quantitative estimate of drug-likeness (QED) is 0.274. The molecule has 3 rings (SSSR count). The van der Waals surface area contributed by atoms with Gasteiger partial charge in [0.15, 0.2) is 6.19 Å². The average Bonchev–Trinajstić information content (AvgIpc) is 2.68. The van der Waals surface area contributed by atoms with E-state index in [9.17, 15) is 5.26 Å². The fourth-order valence-electron chi connectivity index (χ4n) is 6.02. The summed E-state index contributed by atoms with van der Waals surface area (Å²) in [6, 6.07) is 0.435. The zero-order valence-corrected chi connectivity index (χ0v) is 20.4. The number of nitrogens with zero attached hydrogens (tertiary/aromatic N) is 2. The highest BCUT2D eigenvalue weighted by molar-refractivity contribution is 5.01. The van der Waals surface area contributed by atoms with Crippen LogP contribution in [0.15, 0.2) is 13.2 Å². The summed E-state index contributed by atoms with van der Waals surface area (Å²) in [6.45, 7) is 23.0. The molecule has 4 unspecified atom stereocenters. The van der Waals surface area contributed by atoms with Crippen molar-refractivity contribution in [1.29, 1.82) is 5.26 Å². The molecule has 0 heterocycles. The Morgan fingerprint density at radius 1 is 0.929 bits per heavy atom. The van der Waals surface area contributed by atoms with Crippen LogP contribution in [-0.4, -0.2) is 17.5 Å². The van der Waals surface area contributed by atoms with Gasteiger partial charge in [-0.2, -0.15) is 5.26 Å². The molecular weight excluding hydrogens is 340 g/mol. The summed E-state index contributed by atoms with van der Waals surface area (Å²) in [6.07, 6.45) is 17.1. The van der Waals surface area contributed by atoms with Crippen molar-refractivity contribution in [3.05, 3.63) is 13.2 Å². The van der Waals surface area contributed by atoms with Crippen LogP contribution in [0.5, 0.6) is 0 Å². The molecule has 164 valence electrons. The van der Waals surface area contributed by atoms with E-state index in [0.717, 1.165) is 6.54 Å². The predicted molar refractivity (Wildman–Crippen MR) is 125 cm³/mol. The maximum atomic E-state index is 9.71. The standard InChI is InChI=1S/C22H40N2.C2H6.C2H4/c1-6-11-21(4)14-9-8-12-20(3)13-10-15-22(21,5)17-19(16-20)24(7-2)18-23;2*1-2/h19H,6-17H2,1-5H3;1-2H3;1-2H2. The molecule has 0 amide bonds. The van der Waals surface area contributed by atoms with E-state index in [1.807, 2.05) is 13.8 Å². The van der Waals surface area contributed by atoms with Crippen LogP contribution in [0.1, 0.15) is 119 Å². The van der Waals surface area contributed by atoms with Crippen LogP contribution in [0.4, 0.5) is 0 Å². The highest BCUT2D eigenvalue weighted by atomic mass is 15.1. The second-order valence-electron chi connectivity index (χ2n) is 9.69. The molecule has 3 saturated carbocycles. The third kappa shape index (κ3) is 6.53. The minimum atomic E-state index is 0.372. The van der Waals surface area contributed by atoms with Crippen molar-refractivity contribution in [2.45, 2.75) is 125 Å². The summed E-state index contributed by atoms with van der Waals surface area (Å²) in [7, 11) is 0. The molecule has 3 fully saturated rings. The van der Waals surface area contributed by atoms with E-state index in [1.165, 1.54) is 70.6 Å². The van der Waals surface area contributed by atoms with Gasteiger partial charge in [-0.3, -0.25) is 0 Å². The van der Waals surface area contributed by atoms with Crippen LogP contribution in [0.2, 0.25) is 0 Å². The first-order valence-electron chi connectivity index (χ1n) is 12.0. The Morgan fingerprint density at radius 2 is 1.50 bits per heavy atom. The third-order valence-electron chi connectivity index (χ3n) is 7.85. The van der Waals surface area contributed by atoms with Gasteiger partial charge < -0.3 is 4.90 Å². The lowest BCUT2D eigenvalue weighted by Gasteiger charge is -2.53. The van der Waals surface area contributed by atoms with Crippen molar-refractivity contribution in [3.8, 4) is 6.19 Å². The predicted octanol–water partition coefficient (Wildman–Crippen LogP) is 8.34. The maximum absolute atomic E-state index is 9.71. The van der Waals surface area contributed by atoms with Crippen LogP contribution < -0.4 is 0 Å². The first kappa shape index (κ1) is 27.0. The molecule has 2 heteroatoms. The zero-order valence-electron chi connectivity index (χ0n) is 20.4. The molecule has 3 aliphatic rings. The van der Waals surface area contributed by atoms with Gasteiger partial charge in [0.05, 0.1) is 0 Å². The molecule has 28 heavy (non-hydrogen) atoms. The van der Waals surface area contributed by atoms with Gasteiger partial charge >= 0.3 is 0 Å². The van der Waals surface area contributed by atoms with Crippen LogP contribution in [-0.2, 0) is 0 Å². The first-order chi connectivity index (χ1) is 13.3. The van der Waals surface area contributed by atoms with Gasteiger partial charge in [-0.25, -0.2) is 0 Å². The van der Waals surface area contributed by atoms with Crippen LogP contribution >= 0.6 is 0 Å². The van der Waals surface area contributed by atoms with Crippen LogP contribution in [0.3, 0.4) is 0 Å². The monoisotopic (exact) mass is 390 g/mol. The third-order valence-corrected chi connectivity index (χ3v) is 7.85. The van der Waals surface area contributed by atoms with Gasteiger partial charge in [0.1, 0.15) is 0 Å². The summed E-state index contributed by atoms with van der Waals surface area (Å²) in [5.41, 5.74) is 1.24. The summed E-state index contributed by atoms with van der Waals surface area (Å²) in [5.74, 6) is 0. The Kier molecular flexibility index (Phi) is 12.1. The number of hydrogen-bond acceptors (Lipinski definition) is 2. The second-order valence-corrected chi connectivity index (χ2v) is 9.69. The van der Waals surface area contributed by atoms with Gasteiger partial charge in [0.25, 0.3) is 0 Å². The first-order valence-corrected chi connectivity index (χ1v) is 12.0. The number of fused-ring (bicyclic) bond motifs is 8. The largest absolute Gasteiger partial charge is 0.308 e. The summed E-state index contributed by atoms with van der Waals surface area (Å²) < 4.78 is 0. The smallest absolute Gasteiger partial charge is 0.179 e. The van der Waals surface area contributed by atoms with E-state index in [0.29, 0.717) is 22.3 Å². The van der Waals surface area contributed by atoms with Crippen molar-refractivity contribution in [3.63, 3.8) is 0 Å². The molecular formula is C26H50N2. The summed E-state index contributed by atoms with van der Waals surface area (Å²) >= 11 is 0. The van der Waals surface area contributed by atoms with Crippen LogP contribution in [0.25, 0.3) is 0 Å². The Balaban J connectivity index is 0.00000171. The van der Waals surface area contributed by atoms with Crippen molar-refractivity contribution < 1.29 is 0 Å². The van der Waals surface area contributed by atoms with E-state index in [1.54, 1.807) is 0 Å². The van der Waals surface area contributed by atoms with E-state index in [2.05, 4.69) is 58.9 Å². The topological polar surface area (TPSA) is 27.0 Å². The highest BCUT2D eigenvalue weighted by Gasteiger charge is 2.48. The normalized spacial score (nSPS) is 35.1. The van der Waals surface area contributed by atoms with Crippen LogP contribution in [0, 0.1) is 27.7 Å². The Morgan fingerprint density at radius 3 is 2.04 bits per heavy atom. The van der Waals surface area contributed by atoms with Crippen molar-refractivity contribution in [1.82, 2.24) is 4.90 Å². The van der Waals surface area contributed by atoms with Gasteiger partial charge in [0, 0.05) is 12.6 Å². The molecule has 0 spiro atoms.